The minimum absolute atomic E-state index is 0.0424. The van der Waals surface area contributed by atoms with E-state index in [-0.39, 0.29) is 5.91 Å². The highest BCUT2D eigenvalue weighted by atomic mass is 16.5. The van der Waals surface area contributed by atoms with Gasteiger partial charge in [0.15, 0.2) is 0 Å². The van der Waals surface area contributed by atoms with Crippen LogP contribution in [0.1, 0.15) is 16.8 Å². The van der Waals surface area contributed by atoms with Crippen LogP contribution in [-0.2, 0) is 4.74 Å². The second-order valence-corrected chi connectivity index (χ2v) is 3.44. The van der Waals surface area contributed by atoms with Gasteiger partial charge in [-0.15, -0.1) is 0 Å². The summed E-state index contributed by atoms with van der Waals surface area (Å²) < 4.78 is 9.86. The molecule has 0 radical (unpaired) electrons. The van der Waals surface area contributed by atoms with Crippen molar-refractivity contribution in [3.63, 3.8) is 0 Å². The lowest BCUT2D eigenvalue weighted by Crippen LogP contribution is -2.35. The van der Waals surface area contributed by atoms with Crippen LogP contribution in [0.25, 0.3) is 0 Å². The Morgan fingerprint density at radius 2 is 2.38 bits per heavy atom. The average molecular weight is 226 g/mol. The second kappa shape index (κ2) is 7.03. The van der Waals surface area contributed by atoms with E-state index in [0.29, 0.717) is 31.8 Å². The molecule has 0 unspecified atom stereocenters. The van der Waals surface area contributed by atoms with Gasteiger partial charge in [-0.1, -0.05) is 0 Å². The van der Waals surface area contributed by atoms with E-state index in [1.807, 2.05) is 0 Å². The first-order valence-corrected chi connectivity index (χ1v) is 5.30. The van der Waals surface area contributed by atoms with E-state index >= 15 is 0 Å². The molecule has 1 rings (SSSR count). The summed E-state index contributed by atoms with van der Waals surface area (Å²) in [5.74, 6) is -0.0424. The minimum Gasteiger partial charge on any atom is -0.472 e. The van der Waals surface area contributed by atoms with Gasteiger partial charge in [0.05, 0.1) is 18.4 Å². The summed E-state index contributed by atoms with van der Waals surface area (Å²) in [6, 6.07) is 1.66. The fourth-order valence-electron chi connectivity index (χ4n) is 1.37. The summed E-state index contributed by atoms with van der Waals surface area (Å²) in [6.45, 7) is 2.31. The summed E-state index contributed by atoms with van der Waals surface area (Å²) >= 11 is 0. The molecule has 0 aliphatic rings. The van der Waals surface area contributed by atoms with E-state index in [1.54, 1.807) is 18.1 Å². The van der Waals surface area contributed by atoms with Crippen molar-refractivity contribution >= 4 is 5.91 Å². The highest BCUT2D eigenvalue weighted by Gasteiger charge is 2.15. The van der Waals surface area contributed by atoms with Gasteiger partial charge in [0.1, 0.15) is 6.26 Å². The fraction of sp³-hybridized carbons (Fsp3) is 0.545. The van der Waals surface area contributed by atoms with Crippen LogP contribution in [0.4, 0.5) is 0 Å². The number of ether oxygens (including phenoxy) is 1. The third kappa shape index (κ3) is 3.67. The number of carbonyl (C=O) groups excluding carboxylic acids is 1. The molecule has 5 nitrogen and oxygen atoms in total. The molecule has 0 spiro atoms. The van der Waals surface area contributed by atoms with Gasteiger partial charge in [-0.25, -0.2) is 0 Å². The summed E-state index contributed by atoms with van der Waals surface area (Å²) in [7, 11) is 1.61. The van der Waals surface area contributed by atoms with Crippen molar-refractivity contribution in [2.24, 2.45) is 5.73 Å². The number of methoxy groups -OCH3 is 1. The van der Waals surface area contributed by atoms with E-state index in [1.165, 1.54) is 12.5 Å². The first kappa shape index (κ1) is 12.7. The molecule has 0 atom stereocenters. The summed E-state index contributed by atoms with van der Waals surface area (Å²) in [5.41, 5.74) is 6.00. The Morgan fingerprint density at radius 3 is 2.94 bits per heavy atom. The Bertz CT molecular complexity index is 290. The number of nitrogens with zero attached hydrogens (tertiary/aromatic N) is 1. The van der Waals surface area contributed by atoms with Gasteiger partial charge in [0, 0.05) is 20.2 Å². The molecule has 90 valence electrons. The normalized spacial score (nSPS) is 10.4. The Labute approximate surface area is 95.2 Å². The number of amides is 1. The molecule has 0 bridgehead atoms. The van der Waals surface area contributed by atoms with Crippen LogP contribution in [0.15, 0.2) is 23.0 Å². The number of rotatable bonds is 7. The molecule has 0 fully saturated rings. The maximum absolute atomic E-state index is 12.0. The lowest BCUT2D eigenvalue weighted by molar-refractivity contribution is 0.0694. The van der Waals surface area contributed by atoms with Crippen LogP contribution in [0, 0.1) is 0 Å². The van der Waals surface area contributed by atoms with Gasteiger partial charge in [0.2, 0.25) is 0 Å². The molecule has 0 saturated heterocycles. The average Bonchev–Trinajstić information content (AvgIpc) is 2.82. The third-order valence-corrected chi connectivity index (χ3v) is 2.25. The molecule has 1 aromatic rings. The Balaban J connectivity index is 2.56. The van der Waals surface area contributed by atoms with Crippen LogP contribution in [-0.4, -0.2) is 44.2 Å². The molecule has 2 N–H and O–H groups in total. The Morgan fingerprint density at radius 1 is 1.56 bits per heavy atom. The third-order valence-electron chi connectivity index (χ3n) is 2.25. The molecule has 0 aromatic carbocycles. The van der Waals surface area contributed by atoms with Gasteiger partial charge in [-0.2, -0.15) is 0 Å². The summed E-state index contributed by atoms with van der Waals surface area (Å²) in [4.78, 5) is 13.7. The van der Waals surface area contributed by atoms with E-state index in [4.69, 9.17) is 14.9 Å². The quantitative estimate of drug-likeness (QED) is 0.743. The van der Waals surface area contributed by atoms with Crippen LogP contribution >= 0.6 is 0 Å². The summed E-state index contributed by atoms with van der Waals surface area (Å²) in [6.07, 6.45) is 3.72. The zero-order valence-corrected chi connectivity index (χ0v) is 9.52. The van der Waals surface area contributed by atoms with Gasteiger partial charge in [0.25, 0.3) is 5.91 Å². The van der Waals surface area contributed by atoms with Crippen LogP contribution in [0.2, 0.25) is 0 Å². The largest absolute Gasteiger partial charge is 0.472 e. The van der Waals surface area contributed by atoms with Gasteiger partial charge in [-0.3, -0.25) is 4.79 Å². The lowest BCUT2D eigenvalue weighted by atomic mass is 10.2. The number of furan rings is 1. The molecule has 16 heavy (non-hydrogen) atoms. The smallest absolute Gasteiger partial charge is 0.257 e. The zero-order valence-electron chi connectivity index (χ0n) is 9.52. The monoisotopic (exact) mass is 226 g/mol. The predicted molar refractivity (Wildman–Crippen MR) is 60.2 cm³/mol. The van der Waals surface area contributed by atoms with E-state index < -0.39 is 0 Å². The van der Waals surface area contributed by atoms with Gasteiger partial charge in [-0.05, 0) is 19.0 Å². The van der Waals surface area contributed by atoms with Gasteiger partial charge >= 0.3 is 0 Å². The summed E-state index contributed by atoms with van der Waals surface area (Å²) in [5, 5.41) is 0. The molecule has 0 aliphatic heterocycles. The zero-order chi connectivity index (χ0) is 11.8. The van der Waals surface area contributed by atoms with Crippen molar-refractivity contribution < 1.29 is 13.9 Å². The Hall–Kier alpha value is -1.33. The van der Waals surface area contributed by atoms with Crippen molar-refractivity contribution in [3.8, 4) is 0 Å². The first-order valence-electron chi connectivity index (χ1n) is 5.30. The number of nitrogens with two attached hydrogens (primary N) is 1. The van der Waals surface area contributed by atoms with Crippen LogP contribution < -0.4 is 5.73 Å². The van der Waals surface area contributed by atoms with E-state index in [0.717, 1.165) is 6.42 Å². The van der Waals surface area contributed by atoms with E-state index in [2.05, 4.69) is 0 Å². The standard InChI is InChI=1S/C11H18N2O3/c1-15-8-6-13(5-2-4-12)11(14)10-3-7-16-9-10/h3,7,9H,2,4-6,8,12H2,1H3. The first-order chi connectivity index (χ1) is 7.79. The van der Waals surface area contributed by atoms with Crippen LogP contribution in [0.3, 0.4) is 0 Å². The number of carbonyl (C=O) groups is 1. The predicted octanol–water partition coefficient (Wildman–Crippen LogP) is 0.717. The molecule has 1 heterocycles. The molecule has 1 aromatic heterocycles. The van der Waals surface area contributed by atoms with E-state index in [9.17, 15) is 4.79 Å². The van der Waals surface area contributed by atoms with Crippen molar-refractivity contribution in [1.82, 2.24) is 4.90 Å². The Kier molecular flexibility index (Phi) is 5.60. The highest BCUT2D eigenvalue weighted by molar-refractivity contribution is 5.93. The molecule has 0 saturated carbocycles. The maximum Gasteiger partial charge on any atom is 0.257 e. The molecular weight excluding hydrogens is 208 g/mol. The molecule has 1 amide bonds. The van der Waals surface area contributed by atoms with Crippen molar-refractivity contribution in [3.05, 3.63) is 24.2 Å². The maximum atomic E-state index is 12.0. The van der Waals surface area contributed by atoms with Gasteiger partial charge < -0.3 is 19.8 Å². The fourth-order valence-corrected chi connectivity index (χ4v) is 1.37. The minimum atomic E-state index is -0.0424. The van der Waals surface area contributed by atoms with Crippen molar-refractivity contribution in [2.45, 2.75) is 6.42 Å². The lowest BCUT2D eigenvalue weighted by Gasteiger charge is -2.21. The molecular formula is C11H18N2O3. The SMILES string of the molecule is COCCN(CCCN)C(=O)c1ccoc1. The molecule has 5 heteroatoms. The van der Waals surface area contributed by atoms with Crippen molar-refractivity contribution in [1.29, 1.82) is 0 Å². The topological polar surface area (TPSA) is 68.7 Å². The highest BCUT2D eigenvalue weighted by Crippen LogP contribution is 2.06. The van der Waals surface area contributed by atoms with Crippen LogP contribution in [0.5, 0.6) is 0 Å². The number of hydrogen-bond donors (Lipinski definition) is 1. The molecule has 0 aliphatic carbocycles. The number of hydrogen-bond acceptors (Lipinski definition) is 4. The second-order valence-electron chi connectivity index (χ2n) is 3.44. The van der Waals surface area contributed by atoms with Crippen molar-refractivity contribution in [2.75, 3.05) is 33.4 Å².